The number of nitrogens with zero attached hydrogens (tertiary/aromatic N) is 3. The van der Waals surface area contributed by atoms with Gasteiger partial charge < -0.3 is 10.2 Å². The third kappa shape index (κ3) is 3.04. The highest BCUT2D eigenvalue weighted by Crippen LogP contribution is 2.33. The highest BCUT2D eigenvalue weighted by molar-refractivity contribution is 7.13. The lowest BCUT2D eigenvalue weighted by atomic mass is 9.82. The minimum absolute atomic E-state index is 0.0733. The number of hydrogen-bond donors (Lipinski definition) is 2. The first-order valence-corrected chi connectivity index (χ1v) is 10.5. The third-order valence-electron chi connectivity index (χ3n) is 6.13. The van der Waals surface area contributed by atoms with E-state index < -0.39 is 0 Å². The van der Waals surface area contributed by atoms with E-state index in [2.05, 4.69) is 32.4 Å². The number of carbonyl (C=O) groups is 1. The van der Waals surface area contributed by atoms with Gasteiger partial charge in [0.25, 0.3) is 5.91 Å². The summed E-state index contributed by atoms with van der Waals surface area (Å²) >= 11 is 1.60. The quantitative estimate of drug-likeness (QED) is 0.729. The van der Waals surface area contributed by atoms with Crippen molar-refractivity contribution in [3.8, 4) is 10.6 Å². The summed E-state index contributed by atoms with van der Waals surface area (Å²) in [6.07, 6.45) is 7.66. The number of benzene rings is 1. The molecule has 1 aromatic carbocycles. The number of aromatic amines is 1. The number of nitrogens with one attached hydrogen (secondary N) is 2. The molecule has 6 nitrogen and oxygen atoms in total. The van der Waals surface area contributed by atoms with Crippen LogP contribution in [-0.2, 0) is 0 Å². The van der Waals surface area contributed by atoms with Crippen molar-refractivity contribution in [2.75, 3.05) is 7.05 Å². The van der Waals surface area contributed by atoms with Crippen LogP contribution in [0, 0.1) is 0 Å². The summed E-state index contributed by atoms with van der Waals surface area (Å²) < 4.78 is 0. The monoisotopic (exact) mass is 381 g/mol. The summed E-state index contributed by atoms with van der Waals surface area (Å²) in [5.74, 6) is -0.0733. The molecule has 2 aliphatic heterocycles. The van der Waals surface area contributed by atoms with Gasteiger partial charge in [-0.1, -0.05) is 12.5 Å². The smallest absolute Gasteiger partial charge is 0.272 e. The molecule has 2 aromatic heterocycles. The number of hydrogen-bond acceptors (Lipinski definition) is 5. The van der Waals surface area contributed by atoms with Crippen molar-refractivity contribution in [2.45, 2.75) is 50.2 Å². The fourth-order valence-corrected chi connectivity index (χ4v) is 5.31. The van der Waals surface area contributed by atoms with E-state index in [1.807, 2.05) is 23.6 Å². The summed E-state index contributed by atoms with van der Waals surface area (Å²) in [5, 5.41) is 14.4. The van der Waals surface area contributed by atoms with E-state index in [-0.39, 0.29) is 11.9 Å². The minimum Gasteiger partial charge on any atom is -0.348 e. The average Bonchev–Trinajstić information content (AvgIpc) is 3.31. The molecule has 0 aliphatic carbocycles. The molecule has 3 aromatic rings. The third-order valence-corrected chi connectivity index (χ3v) is 6.95. The molecule has 5 rings (SSSR count). The molecule has 4 heterocycles. The molecule has 0 radical (unpaired) electrons. The van der Waals surface area contributed by atoms with Gasteiger partial charge in [0.1, 0.15) is 5.01 Å². The Morgan fingerprint density at radius 2 is 2.11 bits per heavy atom. The molecule has 27 heavy (non-hydrogen) atoms. The lowest BCUT2D eigenvalue weighted by molar-refractivity contribution is 0.0462. The zero-order valence-corrected chi connectivity index (χ0v) is 16.1. The van der Waals surface area contributed by atoms with Crippen LogP contribution >= 0.6 is 11.3 Å². The Morgan fingerprint density at radius 3 is 2.85 bits per heavy atom. The predicted molar refractivity (Wildman–Crippen MR) is 107 cm³/mol. The van der Waals surface area contributed by atoms with Crippen molar-refractivity contribution < 1.29 is 4.79 Å². The van der Waals surface area contributed by atoms with E-state index in [0.29, 0.717) is 17.8 Å². The molecule has 2 fully saturated rings. The number of amides is 1. The van der Waals surface area contributed by atoms with E-state index in [0.717, 1.165) is 34.3 Å². The molecule has 2 atom stereocenters. The Bertz CT molecular complexity index is 952. The van der Waals surface area contributed by atoms with Crippen LogP contribution in [0.5, 0.6) is 0 Å². The Labute approximate surface area is 162 Å². The van der Waals surface area contributed by atoms with Gasteiger partial charge in [0.05, 0.1) is 5.52 Å². The number of piperidine rings is 2. The van der Waals surface area contributed by atoms with Crippen LogP contribution in [0.15, 0.2) is 29.8 Å². The van der Waals surface area contributed by atoms with Gasteiger partial charge in [-0.05, 0) is 44.9 Å². The maximum Gasteiger partial charge on any atom is 0.272 e. The van der Waals surface area contributed by atoms with Crippen LogP contribution in [-0.4, -0.2) is 51.2 Å². The summed E-state index contributed by atoms with van der Waals surface area (Å²) in [6, 6.07) is 7.42. The number of H-pyrrole nitrogens is 1. The van der Waals surface area contributed by atoms with Crippen LogP contribution in [0.2, 0.25) is 0 Å². The van der Waals surface area contributed by atoms with E-state index in [9.17, 15) is 4.79 Å². The van der Waals surface area contributed by atoms with Gasteiger partial charge in [0.15, 0.2) is 5.69 Å². The highest BCUT2D eigenvalue weighted by atomic mass is 32.1. The number of fused-ring (bicyclic) bond motifs is 3. The molecule has 2 N–H and O–H groups in total. The molecular formula is C20H23N5OS. The Morgan fingerprint density at radius 1 is 1.30 bits per heavy atom. The van der Waals surface area contributed by atoms with Crippen molar-refractivity contribution >= 4 is 28.1 Å². The zero-order valence-electron chi connectivity index (χ0n) is 15.3. The van der Waals surface area contributed by atoms with Gasteiger partial charge in [-0.25, -0.2) is 4.98 Å². The van der Waals surface area contributed by atoms with Crippen LogP contribution in [0.1, 0.15) is 42.6 Å². The number of rotatable bonds is 3. The average molecular weight is 382 g/mol. The second-order valence-corrected chi connectivity index (χ2v) is 8.61. The molecular weight excluding hydrogens is 358 g/mol. The van der Waals surface area contributed by atoms with Crippen LogP contribution in [0.3, 0.4) is 0 Å². The SMILES string of the molecule is CN1C2CCCC1CC(NC(=O)c1n[nH]c3cc(-c4nccs4)ccc13)C2. The largest absolute Gasteiger partial charge is 0.348 e. The summed E-state index contributed by atoms with van der Waals surface area (Å²) in [7, 11) is 2.23. The van der Waals surface area contributed by atoms with Gasteiger partial charge in [0, 0.05) is 40.7 Å². The fourth-order valence-electron chi connectivity index (χ4n) is 4.68. The standard InChI is InChI=1S/C20H23N5OS/c1-25-14-3-2-4-15(25)11-13(10-14)22-19(26)18-16-6-5-12(9-17(16)23-24-18)20-21-7-8-27-20/h5-9,13-15H,2-4,10-11H2,1H3,(H,22,26)(H,23,24). The number of thiazole rings is 1. The predicted octanol–water partition coefficient (Wildman–Crippen LogP) is 3.43. The lowest BCUT2D eigenvalue weighted by Crippen LogP contribution is -2.55. The fraction of sp³-hybridized carbons (Fsp3) is 0.450. The minimum atomic E-state index is -0.0733. The molecule has 0 spiro atoms. The van der Waals surface area contributed by atoms with Crippen molar-refractivity contribution in [2.24, 2.45) is 0 Å². The lowest BCUT2D eigenvalue weighted by Gasteiger charge is -2.47. The maximum atomic E-state index is 12.9. The molecule has 7 heteroatoms. The molecule has 2 unspecified atom stereocenters. The topological polar surface area (TPSA) is 73.9 Å². The van der Waals surface area contributed by atoms with Gasteiger partial charge in [-0.2, -0.15) is 5.10 Å². The van der Waals surface area contributed by atoms with Crippen LogP contribution < -0.4 is 5.32 Å². The van der Waals surface area contributed by atoms with E-state index >= 15 is 0 Å². The molecule has 140 valence electrons. The van der Waals surface area contributed by atoms with Crippen molar-refractivity contribution in [3.05, 3.63) is 35.5 Å². The van der Waals surface area contributed by atoms with Crippen molar-refractivity contribution in [3.63, 3.8) is 0 Å². The van der Waals surface area contributed by atoms with Crippen molar-refractivity contribution in [1.82, 2.24) is 25.4 Å². The van der Waals surface area contributed by atoms with Gasteiger partial charge in [0.2, 0.25) is 0 Å². The van der Waals surface area contributed by atoms with Gasteiger partial charge in [-0.15, -0.1) is 11.3 Å². The summed E-state index contributed by atoms with van der Waals surface area (Å²) in [4.78, 5) is 19.7. The first-order chi connectivity index (χ1) is 13.2. The van der Waals surface area contributed by atoms with E-state index in [4.69, 9.17) is 0 Å². The van der Waals surface area contributed by atoms with Gasteiger partial charge in [-0.3, -0.25) is 9.89 Å². The zero-order chi connectivity index (χ0) is 18.4. The second-order valence-electron chi connectivity index (χ2n) is 7.72. The highest BCUT2D eigenvalue weighted by Gasteiger charge is 2.36. The normalized spacial score (nSPS) is 25.6. The Balaban J connectivity index is 1.35. The van der Waals surface area contributed by atoms with Gasteiger partial charge >= 0.3 is 0 Å². The first-order valence-electron chi connectivity index (χ1n) is 9.60. The van der Waals surface area contributed by atoms with Crippen LogP contribution in [0.25, 0.3) is 21.5 Å². The Hall–Kier alpha value is -2.25. The van der Waals surface area contributed by atoms with Crippen molar-refractivity contribution in [1.29, 1.82) is 0 Å². The summed E-state index contributed by atoms with van der Waals surface area (Å²) in [6.45, 7) is 0. The molecule has 2 bridgehead atoms. The molecule has 2 saturated heterocycles. The van der Waals surface area contributed by atoms with E-state index in [1.165, 1.54) is 19.3 Å². The number of carbonyl (C=O) groups excluding carboxylic acids is 1. The maximum absolute atomic E-state index is 12.9. The molecule has 0 saturated carbocycles. The second kappa shape index (κ2) is 6.73. The number of aromatic nitrogens is 3. The van der Waals surface area contributed by atoms with E-state index in [1.54, 1.807) is 17.5 Å². The Kier molecular flexibility index (Phi) is 4.21. The molecule has 2 aliphatic rings. The van der Waals surface area contributed by atoms with Crippen LogP contribution in [0.4, 0.5) is 0 Å². The molecule has 1 amide bonds. The first kappa shape index (κ1) is 16.9. The summed E-state index contributed by atoms with van der Waals surface area (Å²) in [5.41, 5.74) is 2.39.